The lowest BCUT2D eigenvalue weighted by molar-refractivity contribution is 0.403. The van der Waals surface area contributed by atoms with Gasteiger partial charge in [0.05, 0.1) is 5.69 Å². The van der Waals surface area contributed by atoms with Gasteiger partial charge in [-0.1, -0.05) is 18.2 Å². The predicted molar refractivity (Wildman–Crippen MR) is 97.2 cm³/mol. The van der Waals surface area contributed by atoms with Crippen molar-refractivity contribution in [1.82, 2.24) is 0 Å². The molecular formula is C19H16N2O5. The number of hydrogen-bond acceptors (Lipinski definition) is 7. The summed E-state index contributed by atoms with van der Waals surface area (Å²) >= 11 is 0. The summed E-state index contributed by atoms with van der Waals surface area (Å²) < 4.78 is 5.78. The van der Waals surface area contributed by atoms with Crippen molar-refractivity contribution in [1.29, 1.82) is 0 Å². The van der Waals surface area contributed by atoms with Crippen LogP contribution < -0.4 is 10.1 Å². The number of phenols is 3. The summed E-state index contributed by atoms with van der Waals surface area (Å²) in [6, 6.07) is 16.0. The number of hydrogen-bond donors (Lipinski definition) is 4. The van der Waals surface area contributed by atoms with Gasteiger partial charge in [0, 0.05) is 12.6 Å². The van der Waals surface area contributed by atoms with Gasteiger partial charge in [-0.15, -0.1) is 4.91 Å². The van der Waals surface area contributed by atoms with Gasteiger partial charge < -0.3 is 25.4 Å². The lowest BCUT2D eigenvalue weighted by Gasteiger charge is -2.13. The lowest BCUT2D eigenvalue weighted by atomic mass is 10.2. The highest BCUT2D eigenvalue weighted by molar-refractivity contribution is 5.60. The van der Waals surface area contributed by atoms with Gasteiger partial charge in [0.2, 0.25) is 0 Å². The Morgan fingerprint density at radius 2 is 1.65 bits per heavy atom. The second kappa shape index (κ2) is 7.43. The van der Waals surface area contributed by atoms with Crippen LogP contribution in [0.5, 0.6) is 28.7 Å². The van der Waals surface area contributed by atoms with Gasteiger partial charge in [-0.3, -0.25) is 0 Å². The SMILES string of the molecule is O=Nc1cc(Oc2ccccc2NCc2ccc(O)c(O)c2)ccc1O. The molecule has 0 aromatic heterocycles. The fourth-order valence-corrected chi connectivity index (χ4v) is 2.34. The quantitative estimate of drug-likeness (QED) is 0.381. The molecule has 3 rings (SSSR count). The average Bonchev–Trinajstić information content (AvgIpc) is 2.65. The fourth-order valence-electron chi connectivity index (χ4n) is 2.34. The molecule has 3 aromatic rings. The molecule has 0 bridgehead atoms. The minimum Gasteiger partial charge on any atom is -0.506 e. The maximum absolute atomic E-state index is 10.7. The van der Waals surface area contributed by atoms with Crippen LogP contribution in [-0.2, 0) is 6.54 Å². The zero-order valence-corrected chi connectivity index (χ0v) is 13.6. The third kappa shape index (κ3) is 3.84. The number of nitrogens with one attached hydrogen (secondary N) is 1. The molecule has 4 N–H and O–H groups in total. The Morgan fingerprint density at radius 3 is 2.42 bits per heavy atom. The van der Waals surface area contributed by atoms with Crippen molar-refractivity contribution in [2.24, 2.45) is 5.18 Å². The minimum atomic E-state index is -0.217. The molecule has 0 amide bonds. The van der Waals surface area contributed by atoms with Gasteiger partial charge in [0.15, 0.2) is 22.9 Å². The van der Waals surface area contributed by atoms with Crippen LogP contribution in [-0.4, -0.2) is 15.3 Å². The van der Waals surface area contributed by atoms with E-state index in [2.05, 4.69) is 10.5 Å². The van der Waals surface area contributed by atoms with E-state index in [1.165, 1.54) is 30.3 Å². The smallest absolute Gasteiger partial charge is 0.157 e. The molecule has 0 aliphatic heterocycles. The van der Waals surface area contributed by atoms with E-state index in [-0.39, 0.29) is 22.9 Å². The van der Waals surface area contributed by atoms with Gasteiger partial charge >= 0.3 is 0 Å². The highest BCUT2D eigenvalue weighted by Gasteiger charge is 2.08. The molecule has 132 valence electrons. The largest absolute Gasteiger partial charge is 0.506 e. The first kappa shape index (κ1) is 17.1. The Balaban J connectivity index is 1.77. The molecular weight excluding hydrogens is 336 g/mol. The third-order valence-corrected chi connectivity index (χ3v) is 3.68. The number of benzene rings is 3. The van der Waals surface area contributed by atoms with Crippen LogP contribution in [0.4, 0.5) is 11.4 Å². The van der Waals surface area contributed by atoms with Gasteiger partial charge in [0.1, 0.15) is 11.5 Å². The zero-order valence-electron chi connectivity index (χ0n) is 13.6. The standard InChI is InChI=1S/C19H16N2O5/c22-16-8-6-13(10-15(16)21-25)26-19-4-2-1-3-14(19)20-11-12-5-7-17(23)18(24)9-12/h1-10,20,22-24H,11H2. The molecule has 0 spiro atoms. The number of anilines is 1. The number of ether oxygens (including phenoxy) is 1. The summed E-state index contributed by atoms with van der Waals surface area (Å²) in [6.45, 7) is 0.394. The summed E-state index contributed by atoms with van der Waals surface area (Å²) in [5.41, 5.74) is 1.36. The topological polar surface area (TPSA) is 111 Å². The second-order valence-electron chi connectivity index (χ2n) is 5.52. The van der Waals surface area contributed by atoms with E-state index in [0.29, 0.717) is 23.7 Å². The Bertz CT molecular complexity index is 943. The number of nitrogens with zero attached hydrogens (tertiary/aromatic N) is 1. The van der Waals surface area contributed by atoms with Crippen LogP contribution in [0.2, 0.25) is 0 Å². The van der Waals surface area contributed by atoms with Crippen LogP contribution in [0, 0.1) is 4.91 Å². The van der Waals surface area contributed by atoms with Crippen molar-refractivity contribution >= 4 is 11.4 Å². The van der Waals surface area contributed by atoms with Gasteiger partial charge in [0.25, 0.3) is 0 Å². The summed E-state index contributed by atoms with van der Waals surface area (Å²) in [6.07, 6.45) is 0. The summed E-state index contributed by atoms with van der Waals surface area (Å²) in [7, 11) is 0. The van der Waals surface area contributed by atoms with E-state index in [0.717, 1.165) is 5.56 Å². The minimum absolute atomic E-state index is 0.104. The van der Waals surface area contributed by atoms with Crippen LogP contribution >= 0.6 is 0 Å². The molecule has 26 heavy (non-hydrogen) atoms. The molecule has 0 heterocycles. The average molecular weight is 352 g/mol. The molecule has 0 unspecified atom stereocenters. The molecule has 7 heteroatoms. The molecule has 0 saturated carbocycles. The van der Waals surface area contributed by atoms with Crippen molar-refractivity contribution in [3.8, 4) is 28.7 Å². The van der Waals surface area contributed by atoms with Crippen LogP contribution in [0.1, 0.15) is 5.56 Å². The Morgan fingerprint density at radius 1 is 0.885 bits per heavy atom. The first-order valence-corrected chi connectivity index (χ1v) is 7.75. The van der Waals surface area contributed by atoms with E-state index in [9.17, 15) is 20.2 Å². The van der Waals surface area contributed by atoms with Gasteiger partial charge in [-0.25, -0.2) is 0 Å². The molecule has 0 atom stereocenters. The Labute approximate surface area is 149 Å². The fraction of sp³-hybridized carbons (Fsp3) is 0.0526. The van der Waals surface area contributed by atoms with E-state index >= 15 is 0 Å². The van der Waals surface area contributed by atoms with Crippen LogP contribution in [0.15, 0.2) is 65.8 Å². The maximum atomic E-state index is 10.7. The van der Waals surface area contributed by atoms with Crippen molar-refractivity contribution < 1.29 is 20.1 Å². The van der Waals surface area contributed by atoms with Crippen LogP contribution in [0.25, 0.3) is 0 Å². The van der Waals surface area contributed by atoms with E-state index in [4.69, 9.17) is 4.74 Å². The molecule has 3 aromatic carbocycles. The Kier molecular flexibility index (Phi) is 4.89. The van der Waals surface area contributed by atoms with E-state index in [1.807, 2.05) is 12.1 Å². The number of para-hydroxylation sites is 2. The number of aromatic hydroxyl groups is 3. The summed E-state index contributed by atoms with van der Waals surface area (Å²) in [4.78, 5) is 10.7. The number of rotatable bonds is 6. The zero-order chi connectivity index (χ0) is 18.5. The van der Waals surface area contributed by atoms with Crippen LogP contribution in [0.3, 0.4) is 0 Å². The summed E-state index contributed by atoms with van der Waals surface area (Å²) in [5.74, 6) is 0.286. The van der Waals surface area contributed by atoms with Gasteiger partial charge in [-0.05, 0) is 47.1 Å². The lowest BCUT2D eigenvalue weighted by Crippen LogP contribution is -2.01. The molecule has 0 aliphatic carbocycles. The predicted octanol–water partition coefficient (Wildman–Crippen LogP) is 4.61. The van der Waals surface area contributed by atoms with E-state index < -0.39 is 0 Å². The first-order valence-electron chi connectivity index (χ1n) is 7.75. The maximum Gasteiger partial charge on any atom is 0.157 e. The Hall–Kier alpha value is -3.74. The molecule has 0 fully saturated rings. The highest BCUT2D eigenvalue weighted by Crippen LogP contribution is 2.35. The van der Waals surface area contributed by atoms with Crippen molar-refractivity contribution in [3.05, 3.63) is 71.1 Å². The second-order valence-corrected chi connectivity index (χ2v) is 5.52. The number of nitroso groups, excluding NO2 is 1. The molecule has 0 aliphatic rings. The molecule has 0 saturated heterocycles. The van der Waals surface area contributed by atoms with Gasteiger partial charge in [-0.2, -0.15) is 0 Å². The third-order valence-electron chi connectivity index (χ3n) is 3.68. The van der Waals surface area contributed by atoms with Crippen molar-refractivity contribution in [2.75, 3.05) is 5.32 Å². The van der Waals surface area contributed by atoms with E-state index in [1.54, 1.807) is 18.2 Å². The monoisotopic (exact) mass is 352 g/mol. The first-order chi connectivity index (χ1) is 12.6. The van der Waals surface area contributed by atoms with Crippen molar-refractivity contribution in [3.63, 3.8) is 0 Å². The summed E-state index contributed by atoms with van der Waals surface area (Å²) in [5, 5.41) is 34.4. The normalized spacial score (nSPS) is 10.3. The van der Waals surface area contributed by atoms with Crippen molar-refractivity contribution in [2.45, 2.75) is 6.54 Å². The molecule has 7 nitrogen and oxygen atoms in total. The molecule has 0 radical (unpaired) electrons. The highest BCUT2D eigenvalue weighted by atomic mass is 16.5. The number of phenolic OH excluding ortho intramolecular Hbond substituents is 3.